The fraction of sp³-hybridized carbons (Fsp3) is 0.300. The number of rotatable bonds is 2. The molecule has 0 aromatic heterocycles. The molecule has 0 saturated carbocycles. The van der Waals surface area contributed by atoms with Crippen LogP contribution in [0.3, 0.4) is 0 Å². The van der Waals surface area contributed by atoms with Crippen LogP contribution in [0.25, 0.3) is 0 Å². The van der Waals surface area contributed by atoms with E-state index in [1.165, 1.54) is 6.07 Å². The fourth-order valence-corrected chi connectivity index (χ4v) is 2.42. The molecule has 0 aliphatic carbocycles. The molecule has 0 radical (unpaired) electrons. The molecule has 7 heteroatoms. The van der Waals surface area contributed by atoms with Gasteiger partial charge in [-0.1, -0.05) is 11.6 Å². The molecule has 2 rings (SSSR count). The molecule has 2 N–H and O–H groups in total. The average molecular weight is 301 g/mol. The van der Waals surface area contributed by atoms with Gasteiger partial charge in [0.05, 0.1) is 6.61 Å². The molecule has 1 atom stereocenters. The van der Waals surface area contributed by atoms with Crippen molar-refractivity contribution in [1.29, 1.82) is 0 Å². The summed E-state index contributed by atoms with van der Waals surface area (Å²) in [5.74, 6) is -0.633. The third-order valence-electron chi connectivity index (χ3n) is 2.59. The molecule has 0 spiro atoms. The Balaban J connectivity index is 0.00000144. The van der Waals surface area contributed by atoms with Crippen molar-refractivity contribution in [2.45, 2.75) is 11.2 Å². The van der Waals surface area contributed by atoms with E-state index in [0.29, 0.717) is 28.4 Å². The number of carboxylic acids is 1. The van der Waals surface area contributed by atoms with Crippen molar-refractivity contribution in [3.8, 4) is 5.75 Å². The van der Waals surface area contributed by atoms with E-state index in [-0.39, 0.29) is 64.4 Å². The van der Waals surface area contributed by atoms with Gasteiger partial charge >= 0.3 is 57.4 Å². The molecular formula is C10H10ClKO4S. The van der Waals surface area contributed by atoms with Crippen molar-refractivity contribution in [3.63, 3.8) is 0 Å². The minimum absolute atomic E-state index is 0. The summed E-state index contributed by atoms with van der Waals surface area (Å²) >= 11 is 6.14. The van der Waals surface area contributed by atoms with Gasteiger partial charge in [-0.3, -0.25) is 4.79 Å². The van der Waals surface area contributed by atoms with E-state index in [2.05, 4.69) is 0 Å². The normalized spacial score (nSPS) is 22.0. The third-order valence-corrected chi connectivity index (χ3v) is 3.74. The van der Waals surface area contributed by atoms with E-state index in [0.717, 1.165) is 0 Å². The maximum absolute atomic E-state index is 11.3. The number of benzene rings is 1. The van der Waals surface area contributed by atoms with E-state index in [4.69, 9.17) is 16.3 Å². The topological polar surface area (TPSA) is 66.8 Å². The van der Waals surface area contributed by atoms with Gasteiger partial charge in [-0.05, 0) is 18.2 Å². The Kier molecular flexibility index (Phi) is 5.80. The van der Waals surface area contributed by atoms with Gasteiger partial charge in [0, 0.05) is 29.0 Å². The third kappa shape index (κ3) is 2.84. The van der Waals surface area contributed by atoms with Gasteiger partial charge in [-0.2, -0.15) is 0 Å². The first-order chi connectivity index (χ1) is 7.60. The predicted molar refractivity (Wildman–Crippen MR) is 68.2 cm³/mol. The van der Waals surface area contributed by atoms with E-state index in [9.17, 15) is 14.5 Å². The molecule has 1 aromatic carbocycles. The van der Waals surface area contributed by atoms with Gasteiger partial charge in [0.15, 0.2) is 4.75 Å². The van der Waals surface area contributed by atoms with E-state index >= 15 is 0 Å². The van der Waals surface area contributed by atoms with Gasteiger partial charge in [0.25, 0.3) is 0 Å². The van der Waals surface area contributed by atoms with Crippen LogP contribution < -0.4 is 4.74 Å². The number of hydrogen-bond acceptors (Lipinski definition) is 4. The molecule has 0 amide bonds. The first-order valence-corrected chi connectivity index (χ1v) is 5.74. The van der Waals surface area contributed by atoms with Crippen LogP contribution in [-0.2, 0) is 9.54 Å². The van der Waals surface area contributed by atoms with Gasteiger partial charge in [-0.25, -0.2) is 0 Å². The molecule has 88 valence electrons. The SMILES string of the molecule is O=C(O)C1(SO)CCOc2ccc(Cl)cc21.[KH]. The van der Waals surface area contributed by atoms with Crippen LogP contribution >= 0.6 is 23.6 Å². The van der Waals surface area contributed by atoms with Crippen LogP contribution in [-0.4, -0.2) is 73.6 Å². The molecular weight excluding hydrogens is 291 g/mol. The molecule has 1 unspecified atom stereocenters. The number of carboxylic acid groups (broad SMARTS) is 1. The van der Waals surface area contributed by atoms with Crippen molar-refractivity contribution in [2.75, 3.05) is 6.61 Å². The van der Waals surface area contributed by atoms with Crippen LogP contribution in [0.1, 0.15) is 12.0 Å². The first kappa shape index (κ1) is 15.8. The van der Waals surface area contributed by atoms with Gasteiger partial charge in [0.2, 0.25) is 0 Å². The predicted octanol–water partition coefficient (Wildman–Crippen LogP) is 1.96. The van der Waals surface area contributed by atoms with Crippen LogP contribution in [0, 0.1) is 0 Å². The summed E-state index contributed by atoms with van der Waals surface area (Å²) in [6.45, 7) is 0.258. The molecule has 17 heavy (non-hydrogen) atoms. The van der Waals surface area contributed by atoms with Gasteiger partial charge in [0.1, 0.15) is 5.75 Å². The van der Waals surface area contributed by atoms with Crippen molar-refractivity contribution in [3.05, 3.63) is 28.8 Å². The molecule has 0 saturated heterocycles. The van der Waals surface area contributed by atoms with Crippen LogP contribution in [0.2, 0.25) is 5.02 Å². The second-order valence-electron chi connectivity index (χ2n) is 3.46. The summed E-state index contributed by atoms with van der Waals surface area (Å²) in [6.07, 6.45) is 0.205. The summed E-state index contributed by atoms with van der Waals surface area (Å²) in [5, 5.41) is 9.67. The van der Waals surface area contributed by atoms with Crippen LogP contribution in [0.15, 0.2) is 18.2 Å². The van der Waals surface area contributed by atoms with Crippen LogP contribution in [0.5, 0.6) is 5.75 Å². The number of aliphatic carboxylic acids is 1. The Labute approximate surface area is 150 Å². The zero-order chi connectivity index (χ0) is 11.8. The monoisotopic (exact) mass is 300 g/mol. The first-order valence-electron chi connectivity index (χ1n) is 4.59. The Bertz CT molecular complexity index is 442. The van der Waals surface area contributed by atoms with E-state index in [1.54, 1.807) is 12.1 Å². The molecule has 1 heterocycles. The zero-order valence-electron chi connectivity index (χ0n) is 8.14. The average Bonchev–Trinajstić information content (AvgIpc) is 2.27. The molecule has 0 bridgehead atoms. The zero-order valence-corrected chi connectivity index (χ0v) is 9.72. The number of halogens is 1. The van der Waals surface area contributed by atoms with Crippen molar-refractivity contribution >= 4 is 81.0 Å². The Morgan fingerprint density at radius 3 is 2.82 bits per heavy atom. The summed E-state index contributed by atoms with van der Waals surface area (Å²) in [5.41, 5.74) is 0.409. The summed E-state index contributed by atoms with van der Waals surface area (Å²) < 4.78 is 13.2. The summed E-state index contributed by atoms with van der Waals surface area (Å²) in [4.78, 5) is 11.3. The second kappa shape index (κ2) is 6.25. The summed E-state index contributed by atoms with van der Waals surface area (Å²) in [7, 11) is 0. The maximum atomic E-state index is 11.3. The van der Waals surface area contributed by atoms with Gasteiger partial charge < -0.3 is 14.4 Å². The number of fused-ring (bicyclic) bond motifs is 1. The van der Waals surface area contributed by atoms with E-state index in [1.807, 2.05) is 0 Å². The standard InChI is InChI=1S/C10H9ClO4S.K.H/c11-6-1-2-8-7(5-6)10(16-14,9(12)13)3-4-15-8;;/h1-2,5,14H,3-4H2,(H,12,13);;. The number of hydrogen-bond donors (Lipinski definition) is 2. The molecule has 1 aliphatic rings. The van der Waals surface area contributed by atoms with Gasteiger partial charge in [-0.15, -0.1) is 0 Å². The van der Waals surface area contributed by atoms with Crippen molar-refractivity contribution < 1.29 is 19.2 Å². The molecule has 4 nitrogen and oxygen atoms in total. The molecule has 1 aromatic rings. The Morgan fingerprint density at radius 2 is 2.24 bits per heavy atom. The second-order valence-corrected chi connectivity index (χ2v) is 4.78. The minimum atomic E-state index is -1.38. The number of carbonyl (C=O) groups is 1. The molecule has 0 fully saturated rings. The fourth-order valence-electron chi connectivity index (χ4n) is 1.74. The van der Waals surface area contributed by atoms with Crippen molar-refractivity contribution in [1.82, 2.24) is 0 Å². The summed E-state index contributed by atoms with van der Waals surface area (Å²) in [6, 6.07) is 4.76. The van der Waals surface area contributed by atoms with Crippen LogP contribution in [0.4, 0.5) is 0 Å². The number of ether oxygens (including phenoxy) is 1. The van der Waals surface area contributed by atoms with E-state index < -0.39 is 10.7 Å². The Hall–Kier alpha value is 0.726. The quantitative estimate of drug-likeness (QED) is 0.645. The van der Waals surface area contributed by atoms with Crippen molar-refractivity contribution in [2.24, 2.45) is 0 Å². The Morgan fingerprint density at radius 1 is 1.53 bits per heavy atom. The molecule has 1 aliphatic heterocycles.